The Balaban J connectivity index is 1.24. The van der Waals surface area contributed by atoms with E-state index < -0.39 is 76.3 Å². The SMILES string of the molecule is CCC(C(=O)O)C1CCC(C)C(C)(C(C)C(O)[C@H](C)C(=O)C(CC)C2O[C@]3(C=CC(NCc4cccnc4)C4(CCC(C)(C5CCC(O)(CC)C(C)O5)O4)O3)[C@H](C)C[C@@H]2C)O1. The van der Waals surface area contributed by atoms with E-state index in [1.54, 1.807) is 6.20 Å². The van der Waals surface area contributed by atoms with E-state index in [1.807, 2.05) is 72.9 Å². The smallest absolute Gasteiger partial charge is 0.309 e. The predicted molar refractivity (Wildman–Crippen MR) is 232 cm³/mol. The van der Waals surface area contributed by atoms with Gasteiger partial charge in [0.15, 0.2) is 11.6 Å². The molecule has 14 unspecified atom stereocenters. The molecule has 4 fully saturated rings. The molecule has 1 aromatic rings. The van der Waals surface area contributed by atoms with Crippen molar-refractivity contribution in [1.29, 1.82) is 0 Å². The molecule has 12 nitrogen and oxygen atoms in total. The summed E-state index contributed by atoms with van der Waals surface area (Å²) in [5.74, 6) is -5.53. The van der Waals surface area contributed by atoms with Crippen LogP contribution in [-0.2, 0) is 39.8 Å². The molecule has 2 spiro atoms. The van der Waals surface area contributed by atoms with E-state index in [1.165, 1.54) is 0 Å². The number of nitrogens with zero attached hydrogens (tertiary/aromatic N) is 1. The highest BCUT2D eigenvalue weighted by atomic mass is 16.8. The number of hydrogen-bond donors (Lipinski definition) is 4. The van der Waals surface area contributed by atoms with Crippen LogP contribution in [0.4, 0.5) is 0 Å². The zero-order chi connectivity index (χ0) is 44.7. The van der Waals surface area contributed by atoms with Gasteiger partial charge in [-0.05, 0) is 108 Å². The number of rotatable bonds is 15. The fourth-order valence-corrected chi connectivity index (χ4v) is 11.7. The van der Waals surface area contributed by atoms with Crippen molar-refractivity contribution in [2.24, 2.45) is 41.4 Å². The minimum Gasteiger partial charge on any atom is -0.481 e. The van der Waals surface area contributed by atoms with Crippen LogP contribution in [0.25, 0.3) is 0 Å². The number of aliphatic carboxylic acids is 1. The lowest BCUT2D eigenvalue weighted by atomic mass is 9.68. The van der Waals surface area contributed by atoms with Crippen molar-refractivity contribution in [3.8, 4) is 0 Å². The highest BCUT2D eigenvalue weighted by molar-refractivity contribution is 5.84. The molecule has 4 saturated heterocycles. The molecular formula is C49H78N2O10. The predicted octanol–water partition coefficient (Wildman–Crippen LogP) is 7.77. The maximum Gasteiger partial charge on any atom is 0.309 e. The van der Waals surface area contributed by atoms with Crippen LogP contribution < -0.4 is 5.32 Å². The zero-order valence-electron chi connectivity index (χ0n) is 38.9. The van der Waals surface area contributed by atoms with Gasteiger partial charge in [0.25, 0.3) is 0 Å². The minimum atomic E-state index is -1.19. The quantitative estimate of drug-likeness (QED) is 0.127. The fraction of sp³-hybridized carbons (Fsp3) is 0.816. The highest BCUT2D eigenvalue weighted by Gasteiger charge is 2.63. The first-order chi connectivity index (χ1) is 28.7. The van der Waals surface area contributed by atoms with E-state index in [-0.39, 0.29) is 41.8 Å². The van der Waals surface area contributed by atoms with Crippen LogP contribution in [0.3, 0.4) is 0 Å². The second kappa shape index (κ2) is 18.7. The Hall–Kier alpha value is -2.29. The summed E-state index contributed by atoms with van der Waals surface area (Å²) in [5.41, 5.74) is -1.35. The zero-order valence-corrected chi connectivity index (χ0v) is 38.9. The molecule has 61 heavy (non-hydrogen) atoms. The number of carbonyl (C=O) groups is 2. The average molecular weight is 855 g/mol. The second-order valence-corrected chi connectivity index (χ2v) is 20.2. The summed E-state index contributed by atoms with van der Waals surface area (Å²) < 4.78 is 35.1. The Morgan fingerprint density at radius 1 is 0.951 bits per heavy atom. The van der Waals surface area contributed by atoms with Crippen LogP contribution in [0, 0.1) is 41.4 Å². The van der Waals surface area contributed by atoms with Gasteiger partial charge in [-0.15, -0.1) is 0 Å². The third-order valence-corrected chi connectivity index (χ3v) is 16.6. The molecule has 1 aromatic heterocycles. The van der Waals surface area contributed by atoms with Crippen LogP contribution in [0.2, 0.25) is 0 Å². The lowest BCUT2D eigenvalue weighted by Crippen LogP contribution is -2.65. The highest BCUT2D eigenvalue weighted by Crippen LogP contribution is 2.54. The maximum atomic E-state index is 14.8. The number of ketones is 1. The number of carboxylic acid groups (broad SMARTS) is 1. The van der Waals surface area contributed by atoms with Crippen LogP contribution in [-0.4, -0.2) is 97.0 Å². The molecule has 5 aliphatic rings. The lowest BCUT2D eigenvalue weighted by molar-refractivity contribution is -0.398. The summed E-state index contributed by atoms with van der Waals surface area (Å²) in [6.45, 7) is 22.6. The number of ether oxygens (including phenoxy) is 5. The third-order valence-electron chi connectivity index (χ3n) is 16.6. The van der Waals surface area contributed by atoms with E-state index >= 15 is 0 Å². The van der Waals surface area contributed by atoms with Gasteiger partial charge in [0.1, 0.15) is 5.78 Å². The molecule has 4 N–H and O–H groups in total. The van der Waals surface area contributed by atoms with Crippen molar-refractivity contribution in [2.45, 2.75) is 212 Å². The topological polar surface area (TPSA) is 166 Å². The van der Waals surface area contributed by atoms with Crippen LogP contribution in [0.1, 0.15) is 146 Å². The Morgan fingerprint density at radius 2 is 1.67 bits per heavy atom. The Kier molecular flexibility index (Phi) is 14.7. The maximum absolute atomic E-state index is 14.8. The Bertz CT molecular complexity index is 1700. The molecule has 0 bridgehead atoms. The number of aliphatic hydroxyl groups excluding tert-OH is 1. The van der Waals surface area contributed by atoms with Gasteiger partial charge in [-0.2, -0.15) is 0 Å². The molecule has 6 rings (SSSR count). The second-order valence-electron chi connectivity index (χ2n) is 20.2. The molecular weight excluding hydrogens is 777 g/mol. The fourth-order valence-electron chi connectivity index (χ4n) is 11.7. The molecule has 0 amide bonds. The van der Waals surface area contributed by atoms with Crippen molar-refractivity contribution in [3.05, 3.63) is 42.2 Å². The number of hydrogen-bond acceptors (Lipinski definition) is 11. The van der Waals surface area contributed by atoms with E-state index in [2.05, 4.69) is 44.1 Å². The van der Waals surface area contributed by atoms with Gasteiger partial charge in [-0.1, -0.05) is 67.5 Å². The molecule has 0 aromatic carbocycles. The lowest BCUT2D eigenvalue weighted by Gasteiger charge is -2.55. The van der Waals surface area contributed by atoms with Gasteiger partial charge < -0.3 is 44.3 Å². The summed E-state index contributed by atoms with van der Waals surface area (Å²) in [6.07, 6.45) is 11.5. The number of aromatic nitrogens is 1. The summed E-state index contributed by atoms with van der Waals surface area (Å²) in [7, 11) is 0. The first kappa shape index (κ1) is 48.2. The number of Topliss-reactive ketones (excluding diaryl/α,β-unsaturated/α-hetero) is 1. The van der Waals surface area contributed by atoms with Crippen LogP contribution in [0.15, 0.2) is 36.7 Å². The van der Waals surface area contributed by atoms with Crippen LogP contribution in [0.5, 0.6) is 0 Å². The number of carboxylic acids is 1. The van der Waals surface area contributed by atoms with Crippen molar-refractivity contribution >= 4 is 11.8 Å². The van der Waals surface area contributed by atoms with E-state index in [0.29, 0.717) is 57.9 Å². The number of carbonyl (C=O) groups excluding carboxylic acids is 1. The molecule has 344 valence electrons. The van der Waals surface area contributed by atoms with Gasteiger partial charge in [-0.25, -0.2) is 0 Å². The minimum absolute atomic E-state index is 0.0249. The van der Waals surface area contributed by atoms with Gasteiger partial charge >= 0.3 is 5.97 Å². The normalized spacial score (nSPS) is 42.8. The van der Waals surface area contributed by atoms with Gasteiger partial charge in [0.2, 0.25) is 0 Å². The summed E-state index contributed by atoms with van der Waals surface area (Å²) >= 11 is 0. The molecule has 6 heterocycles. The third kappa shape index (κ3) is 9.18. The largest absolute Gasteiger partial charge is 0.481 e. The van der Waals surface area contributed by atoms with Crippen molar-refractivity contribution in [3.63, 3.8) is 0 Å². The van der Waals surface area contributed by atoms with Crippen molar-refractivity contribution in [1.82, 2.24) is 10.3 Å². The number of aliphatic hydroxyl groups is 2. The Morgan fingerprint density at radius 3 is 2.30 bits per heavy atom. The monoisotopic (exact) mass is 855 g/mol. The van der Waals surface area contributed by atoms with E-state index in [4.69, 9.17) is 23.7 Å². The first-order valence-corrected chi connectivity index (χ1v) is 23.6. The summed E-state index contributed by atoms with van der Waals surface area (Å²) in [4.78, 5) is 31.2. The van der Waals surface area contributed by atoms with Crippen LogP contribution >= 0.6 is 0 Å². The van der Waals surface area contributed by atoms with Crippen molar-refractivity contribution in [2.75, 3.05) is 0 Å². The van der Waals surface area contributed by atoms with E-state index in [9.17, 15) is 24.9 Å². The summed E-state index contributed by atoms with van der Waals surface area (Å²) in [5, 5.41) is 36.9. The average Bonchev–Trinajstić information content (AvgIpc) is 3.58. The molecule has 18 atom stereocenters. The first-order valence-electron chi connectivity index (χ1n) is 23.6. The number of nitrogens with one attached hydrogen (secondary N) is 1. The molecule has 0 aliphatic carbocycles. The molecule has 0 saturated carbocycles. The van der Waals surface area contributed by atoms with Gasteiger partial charge in [0.05, 0.1) is 59.3 Å². The molecule has 5 aliphatic heterocycles. The molecule has 0 radical (unpaired) electrons. The summed E-state index contributed by atoms with van der Waals surface area (Å²) in [6, 6.07) is 3.62. The number of pyridine rings is 1. The van der Waals surface area contributed by atoms with E-state index in [0.717, 1.165) is 18.4 Å². The van der Waals surface area contributed by atoms with Crippen molar-refractivity contribution < 1.29 is 48.6 Å². The molecule has 12 heteroatoms. The van der Waals surface area contributed by atoms with Gasteiger partial charge in [-0.3, -0.25) is 14.6 Å². The standard InChI is InChI=1S/C49H78N2O10/c1-12-36(44(54)55)38-18-17-30(5)46(11,58-38)33(8)41(52)32(7)42(53)37(13-2)43-29(4)26-31(6)48(59-43)22-19-39(51-28-35-16-15-25-50-27-35)49(61-48)24-23-45(10,60-49)40-20-21-47(56,14-3)34(9)57-40/h15-16,19,22,25,27,29-34,36-41,43,51-52,56H,12-14,17-18,20-21,23-24,26,28H2,1-11H3,(H,54,55)/t29-,30?,31+,32-,33?,34?,36?,37?,38?,39?,40?,41?,43?,45?,46?,47?,48-,49?/m0/s1. The Labute approximate surface area is 365 Å². The van der Waals surface area contributed by atoms with Gasteiger partial charge in [0, 0.05) is 49.0 Å².